The molecule has 5 nitrogen and oxygen atoms in total. The summed E-state index contributed by atoms with van der Waals surface area (Å²) in [7, 11) is 0. The van der Waals surface area contributed by atoms with Gasteiger partial charge in [-0.05, 0) is 65.9 Å². The Balaban J connectivity index is 1.37. The van der Waals surface area contributed by atoms with E-state index in [1.165, 1.54) is 17.7 Å². The van der Waals surface area contributed by atoms with Crippen molar-refractivity contribution in [2.24, 2.45) is 11.8 Å². The van der Waals surface area contributed by atoms with Crippen LogP contribution in [-0.4, -0.2) is 38.8 Å². The number of aromatic nitrogens is 2. The quantitative estimate of drug-likeness (QED) is 0.493. The lowest BCUT2D eigenvalue weighted by atomic mass is 9.88. The normalized spacial score (nSPS) is 24.2. The second-order valence-corrected chi connectivity index (χ2v) is 9.38. The second kappa shape index (κ2) is 7.25. The largest absolute Gasteiger partial charge is 0.481 e. The number of halogens is 1. The summed E-state index contributed by atoms with van der Waals surface area (Å²) in [6, 6.07) is 20.8. The molecule has 6 rings (SSSR count). The molecule has 0 radical (unpaired) electrons. The fourth-order valence-electron chi connectivity index (χ4n) is 5.99. The average molecular weight is 442 g/mol. The van der Waals surface area contributed by atoms with Crippen LogP contribution >= 0.6 is 0 Å². The van der Waals surface area contributed by atoms with Gasteiger partial charge < -0.3 is 5.11 Å². The Labute approximate surface area is 191 Å². The molecule has 2 heterocycles. The van der Waals surface area contributed by atoms with Crippen molar-refractivity contribution in [2.45, 2.75) is 18.9 Å². The van der Waals surface area contributed by atoms with Crippen LogP contribution in [0.4, 0.5) is 4.39 Å². The zero-order valence-electron chi connectivity index (χ0n) is 18.3. The standard InChI is InChI=1S/C27H24FN3O2/c1-17-11-24-19(13-29-31(24)21-9-7-20(28)8-10-21)12-22(17)27-16-30(14-18-5-3-2-4-6-18)15-23(27)25(27)26(32)33/h2-13,23,25H,14-16H2,1H3,(H,32,33)/t23-,25+,27+/m0/s1. The first kappa shape index (κ1) is 20.1. The molecule has 0 bridgehead atoms. The van der Waals surface area contributed by atoms with Gasteiger partial charge in [0.05, 0.1) is 23.3 Å². The molecule has 0 amide bonds. The van der Waals surface area contributed by atoms with Crippen molar-refractivity contribution in [2.75, 3.05) is 13.1 Å². The Bertz CT molecular complexity index is 1370. The Kier molecular flexibility index (Phi) is 4.42. The Morgan fingerprint density at radius 2 is 1.91 bits per heavy atom. The first-order valence-corrected chi connectivity index (χ1v) is 11.2. The summed E-state index contributed by atoms with van der Waals surface area (Å²) < 4.78 is 15.2. The molecule has 4 aromatic rings. The summed E-state index contributed by atoms with van der Waals surface area (Å²) in [5.74, 6) is -1.23. The summed E-state index contributed by atoms with van der Waals surface area (Å²) in [6.07, 6.45) is 1.81. The van der Waals surface area contributed by atoms with Gasteiger partial charge in [-0.15, -0.1) is 0 Å². The number of piperidine rings is 1. The lowest BCUT2D eigenvalue weighted by Gasteiger charge is -2.24. The maximum atomic E-state index is 13.4. The zero-order chi connectivity index (χ0) is 22.7. The van der Waals surface area contributed by atoms with Crippen molar-refractivity contribution in [3.05, 3.63) is 95.4 Å². The van der Waals surface area contributed by atoms with Crippen LogP contribution < -0.4 is 0 Å². The van der Waals surface area contributed by atoms with Gasteiger partial charge in [-0.3, -0.25) is 9.69 Å². The van der Waals surface area contributed by atoms with Crippen LogP contribution in [0.3, 0.4) is 0 Å². The number of benzene rings is 3. The lowest BCUT2D eigenvalue weighted by Crippen LogP contribution is -2.31. The van der Waals surface area contributed by atoms with E-state index in [4.69, 9.17) is 0 Å². The van der Waals surface area contributed by atoms with Crippen molar-refractivity contribution < 1.29 is 14.3 Å². The highest BCUT2D eigenvalue weighted by Gasteiger charge is 2.73. The number of likely N-dealkylation sites (tertiary alicyclic amines) is 1. The number of carboxylic acids is 1. The van der Waals surface area contributed by atoms with Gasteiger partial charge in [0, 0.05) is 30.4 Å². The molecule has 166 valence electrons. The van der Waals surface area contributed by atoms with Gasteiger partial charge in [-0.2, -0.15) is 5.10 Å². The molecule has 3 atom stereocenters. The van der Waals surface area contributed by atoms with E-state index in [1.807, 2.05) is 24.4 Å². The smallest absolute Gasteiger partial charge is 0.307 e. The maximum Gasteiger partial charge on any atom is 0.307 e. The predicted molar refractivity (Wildman–Crippen MR) is 124 cm³/mol. The molecule has 1 aromatic heterocycles. The maximum absolute atomic E-state index is 13.4. The molecule has 1 saturated heterocycles. The summed E-state index contributed by atoms with van der Waals surface area (Å²) in [5, 5.41) is 15.5. The number of carbonyl (C=O) groups is 1. The summed E-state index contributed by atoms with van der Waals surface area (Å²) in [4.78, 5) is 14.5. The van der Waals surface area contributed by atoms with Crippen molar-refractivity contribution in [3.63, 3.8) is 0 Å². The van der Waals surface area contributed by atoms with Crippen molar-refractivity contribution in [1.29, 1.82) is 0 Å². The molecule has 33 heavy (non-hydrogen) atoms. The van der Waals surface area contributed by atoms with E-state index in [0.29, 0.717) is 0 Å². The van der Waals surface area contributed by atoms with Crippen LogP contribution in [0.25, 0.3) is 16.6 Å². The third kappa shape index (κ3) is 3.09. The number of carboxylic acid groups (broad SMARTS) is 1. The molecular weight excluding hydrogens is 417 g/mol. The zero-order valence-corrected chi connectivity index (χ0v) is 18.3. The molecular formula is C27H24FN3O2. The van der Waals surface area contributed by atoms with Crippen molar-refractivity contribution >= 4 is 16.9 Å². The molecule has 1 aliphatic heterocycles. The third-order valence-corrected chi connectivity index (χ3v) is 7.45. The third-order valence-electron chi connectivity index (χ3n) is 7.45. The first-order chi connectivity index (χ1) is 16.0. The minimum atomic E-state index is -0.708. The molecule has 0 spiro atoms. The summed E-state index contributed by atoms with van der Waals surface area (Å²) >= 11 is 0. The fraction of sp³-hybridized carbons (Fsp3) is 0.259. The van der Waals surface area contributed by atoms with Crippen LogP contribution in [-0.2, 0) is 16.8 Å². The van der Waals surface area contributed by atoms with Gasteiger partial charge in [-0.25, -0.2) is 9.07 Å². The van der Waals surface area contributed by atoms with Gasteiger partial charge in [0.1, 0.15) is 5.82 Å². The Morgan fingerprint density at radius 3 is 2.64 bits per heavy atom. The van der Waals surface area contributed by atoms with E-state index in [-0.39, 0.29) is 23.1 Å². The van der Waals surface area contributed by atoms with Crippen molar-refractivity contribution in [3.8, 4) is 5.69 Å². The lowest BCUT2D eigenvalue weighted by molar-refractivity contribution is -0.139. The van der Waals surface area contributed by atoms with Gasteiger partial charge >= 0.3 is 5.97 Å². The van der Waals surface area contributed by atoms with E-state index in [9.17, 15) is 14.3 Å². The van der Waals surface area contributed by atoms with Gasteiger partial charge in [-0.1, -0.05) is 30.3 Å². The van der Waals surface area contributed by atoms with E-state index >= 15 is 0 Å². The second-order valence-electron chi connectivity index (χ2n) is 9.38. The monoisotopic (exact) mass is 441 g/mol. The fourth-order valence-corrected chi connectivity index (χ4v) is 5.99. The summed E-state index contributed by atoms with van der Waals surface area (Å²) in [6.45, 7) is 4.41. The van der Waals surface area contributed by atoms with Crippen LogP contribution in [0.2, 0.25) is 0 Å². The minimum Gasteiger partial charge on any atom is -0.481 e. The van der Waals surface area contributed by atoms with E-state index in [1.54, 1.807) is 16.8 Å². The number of nitrogens with zero attached hydrogens (tertiary/aromatic N) is 3. The summed E-state index contributed by atoms with van der Waals surface area (Å²) in [5.41, 5.74) is 4.79. The molecule has 0 unspecified atom stereocenters. The molecule has 3 aromatic carbocycles. The van der Waals surface area contributed by atoms with Gasteiger partial charge in [0.15, 0.2) is 0 Å². The molecule has 6 heteroatoms. The Hall–Kier alpha value is -3.51. The van der Waals surface area contributed by atoms with Crippen LogP contribution in [0, 0.1) is 24.6 Å². The predicted octanol–water partition coefficient (Wildman–Crippen LogP) is 4.56. The average Bonchev–Trinajstić information content (AvgIpc) is 3.06. The molecule has 1 N–H and O–H groups in total. The van der Waals surface area contributed by atoms with E-state index in [2.05, 4.69) is 41.2 Å². The van der Waals surface area contributed by atoms with Gasteiger partial charge in [0.2, 0.25) is 0 Å². The number of aryl methyl sites for hydroxylation is 1. The van der Waals surface area contributed by atoms with E-state index < -0.39 is 5.97 Å². The van der Waals surface area contributed by atoms with Crippen LogP contribution in [0.1, 0.15) is 16.7 Å². The molecule has 2 aliphatic rings. The SMILES string of the molecule is Cc1cc2c(cnn2-c2ccc(F)cc2)cc1[C@]12CN(Cc3ccccc3)C[C@H]1[C@@H]2C(=O)O. The molecule has 1 saturated carbocycles. The highest BCUT2D eigenvalue weighted by Crippen LogP contribution is 2.65. The van der Waals surface area contributed by atoms with Crippen LogP contribution in [0.5, 0.6) is 0 Å². The van der Waals surface area contributed by atoms with Gasteiger partial charge in [0.25, 0.3) is 0 Å². The highest BCUT2D eigenvalue weighted by molar-refractivity contribution is 5.85. The number of rotatable bonds is 5. The van der Waals surface area contributed by atoms with Crippen LogP contribution in [0.15, 0.2) is 72.9 Å². The van der Waals surface area contributed by atoms with Crippen molar-refractivity contribution in [1.82, 2.24) is 14.7 Å². The highest BCUT2D eigenvalue weighted by atomic mass is 19.1. The minimum absolute atomic E-state index is 0.113. The molecule has 2 fully saturated rings. The number of hydrogen-bond acceptors (Lipinski definition) is 3. The molecule has 1 aliphatic carbocycles. The van der Waals surface area contributed by atoms with E-state index in [0.717, 1.165) is 47.4 Å². The first-order valence-electron chi connectivity index (χ1n) is 11.2. The topological polar surface area (TPSA) is 58.4 Å². The number of hydrogen-bond donors (Lipinski definition) is 1. The number of aliphatic carboxylic acids is 1. The number of fused-ring (bicyclic) bond motifs is 2. The Morgan fingerprint density at radius 1 is 1.15 bits per heavy atom.